The van der Waals surface area contributed by atoms with Crippen LogP contribution in [0.1, 0.15) is 48.3 Å². The van der Waals surface area contributed by atoms with Gasteiger partial charge in [-0.1, -0.05) is 13.8 Å². The molecule has 2 nitrogen and oxygen atoms in total. The van der Waals surface area contributed by atoms with Crippen molar-refractivity contribution >= 4 is 11.3 Å². The van der Waals surface area contributed by atoms with Gasteiger partial charge in [-0.05, 0) is 31.6 Å². The van der Waals surface area contributed by atoms with E-state index in [4.69, 9.17) is 5.73 Å². The van der Waals surface area contributed by atoms with Crippen molar-refractivity contribution in [2.45, 2.75) is 45.6 Å². The van der Waals surface area contributed by atoms with Crippen LogP contribution in [-0.4, -0.2) is 4.98 Å². The van der Waals surface area contributed by atoms with E-state index in [-0.39, 0.29) is 6.04 Å². The van der Waals surface area contributed by atoms with E-state index in [1.54, 1.807) is 0 Å². The van der Waals surface area contributed by atoms with Gasteiger partial charge in [-0.2, -0.15) is 0 Å². The lowest BCUT2D eigenvalue weighted by molar-refractivity contribution is 0.501. The standard InChI is InChI=1S/C11H18N2S/c1-3-8(12)11-13-9-5-4-7(2)6-10(9)14-11/h7-8H,3-6,12H2,1-2H3/t7?,8-/m1/s1. The van der Waals surface area contributed by atoms with Gasteiger partial charge in [-0.25, -0.2) is 4.98 Å². The summed E-state index contributed by atoms with van der Waals surface area (Å²) < 4.78 is 0. The monoisotopic (exact) mass is 210 g/mol. The molecule has 1 aliphatic carbocycles. The van der Waals surface area contributed by atoms with Gasteiger partial charge in [-0.15, -0.1) is 11.3 Å². The second-order valence-corrected chi connectivity index (χ2v) is 5.40. The SMILES string of the molecule is CC[C@@H](N)c1nc2c(s1)CC(C)CC2. The minimum Gasteiger partial charge on any atom is -0.322 e. The maximum Gasteiger partial charge on any atom is 0.110 e. The van der Waals surface area contributed by atoms with Crippen molar-refractivity contribution in [2.24, 2.45) is 11.7 Å². The van der Waals surface area contributed by atoms with Gasteiger partial charge < -0.3 is 5.73 Å². The third-order valence-electron chi connectivity index (χ3n) is 2.96. The highest BCUT2D eigenvalue weighted by Gasteiger charge is 2.21. The van der Waals surface area contributed by atoms with E-state index in [0.29, 0.717) is 0 Å². The number of nitrogens with two attached hydrogens (primary N) is 1. The second kappa shape index (κ2) is 3.99. The molecule has 2 atom stereocenters. The fourth-order valence-electron chi connectivity index (χ4n) is 1.89. The minimum absolute atomic E-state index is 0.154. The maximum absolute atomic E-state index is 5.99. The number of rotatable bonds is 2. The molecule has 2 N–H and O–H groups in total. The van der Waals surface area contributed by atoms with Crippen LogP contribution in [0.15, 0.2) is 0 Å². The fraction of sp³-hybridized carbons (Fsp3) is 0.727. The molecule has 0 amide bonds. The van der Waals surface area contributed by atoms with E-state index in [2.05, 4.69) is 18.8 Å². The van der Waals surface area contributed by atoms with Gasteiger partial charge in [0.15, 0.2) is 0 Å². The zero-order chi connectivity index (χ0) is 10.1. The van der Waals surface area contributed by atoms with E-state index >= 15 is 0 Å². The van der Waals surface area contributed by atoms with Crippen molar-refractivity contribution < 1.29 is 0 Å². The highest BCUT2D eigenvalue weighted by atomic mass is 32.1. The number of fused-ring (bicyclic) bond motifs is 1. The van der Waals surface area contributed by atoms with Crippen LogP contribution in [0.3, 0.4) is 0 Å². The number of thiazole rings is 1. The Kier molecular flexibility index (Phi) is 2.88. The van der Waals surface area contributed by atoms with Crippen LogP contribution in [0, 0.1) is 5.92 Å². The summed E-state index contributed by atoms with van der Waals surface area (Å²) in [5, 5.41) is 1.14. The molecule has 0 aliphatic heterocycles. The van der Waals surface area contributed by atoms with Gasteiger partial charge in [0.1, 0.15) is 5.01 Å². The lowest BCUT2D eigenvalue weighted by Gasteiger charge is -2.15. The van der Waals surface area contributed by atoms with Crippen LogP contribution in [0.5, 0.6) is 0 Å². The van der Waals surface area contributed by atoms with Gasteiger partial charge in [0.25, 0.3) is 0 Å². The van der Waals surface area contributed by atoms with E-state index in [1.807, 2.05) is 11.3 Å². The van der Waals surface area contributed by atoms with Crippen LogP contribution in [-0.2, 0) is 12.8 Å². The van der Waals surface area contributed by atoms with E-state index < -0.39 is 0 Å². The Morgan fingerprint density at radius 3 is 3.14 bits per heavy atom. The number of hydrogen-bond donors (Lipinski definition) is 1. The van der Waals surface area contributed by atoms with E-state index in [9.17, 15) is 0 Å². The third-order valence-corrected chi connectivity index (χ3v) is 4.21. The predicted octanol–water partition coefficient (Wildman–Crippen LogP) is 2.68. The zero-order valence-corrected chi connectivity index (χ0v) is 9.73. The average molecular weight is 210 g/mol. The van der Waals surface area contributed by atoms with Gasteiger partial charge in [-0.3, -0.25) is 0 Å². The van der Waals surface area contributed by atoms with Crippen molar-refractivity contribution in [3.8, 4) is 0 Å². The molecule has 14 heavy (non-hydrogen) atoms. The summed E-state index contributed by atoms with van der Waals surface area (Å²) in [5.41, 5.74) is 7.31. The highest BCUT2D eigenvalue weighted by molar-refractivity contribution is 7.11. The molecule has 3 heteroatoms. The Labute approximate surface area is 89.5 Å². The smallest absolute Gasteiger partial charge is 0.110 e. The number of hydrogen-bond acceptors (Lipinski definition) is 3. The first-order valence-electron chi connectivity index (χ1n) is 5.44. The Morgan fingerprint density at radius 2 is 2.43 bits per heavy atom. The van der Waals surface area contributed by atoms with Crippen molar-refractivity contribution in [3.63, 3.8) is 0 Å². The third kappa shape index (κ3) is 1.84. The zero-order valence-electron chi connectivity index (χ0n) is 8.92. The second-order valence-electron chi connectivity index (χ2n) is 4.28. The first-order valence-corrected chi connectivity index (χ1v) is 6.26. The van der Waals surface area contributed by atoms with Gasteiger partial charge >= 0.3 is 0 Å². The molecule has 2 rings (SSSR count). The molecule has 0 radical (unpaired) electrons. The molecule has 1 aliphatic rings. The molecule has 78 valence electrons. The molecular formula is C11H18N2S. The van der Waals surface area contributed by atoms with E-state index in [0.717, 1.165) is 23.8 Å². The summed E-state index contributed by atoms with van der Waals surface area (Å²) in [6, 6.07) is 0.154. The predicted molar refractivity (Wildman–Crippen MR) is 60.5 cm³/mol. The molecule has 0 spiro atoms. The highest BCUT2D eigenvalue weighted by Crippen LogP contribution is 2.32. The number of aryl methyl sites for hydroxylation is 1. The molecule has 1 aromatic heterocycles. The molecule has 0 fully saturated rings. The lowest BCUT2D eigenvalue weighted by Crippen LogP contribution is -2.10. The number of nitrogens with zero attached hydrogens (tertiary/aromatic N) is 1. The minimum atomic E-state index is 0.154. The summed E-state index contributed by atoms with van der Waals surface area (Å²) in [6.45, 7) is 4.44. The van der Waals surface area contributed by atoms with Crippen molar-refractivity contribution in [3.05, 3.63) is 15.6 Å². The Balaban J connectivity index is 2.23. The summed E-state index contributed by atoms with van der Waals surface area (Å²) in [5.74, 6) is 0.827. The van der Waals surface area contributed by atoms with Crippen LogP contribution in [0.2, 0.25) is 0 Å². The normalized spacial score (nSPS) is 23.2. The Bertz CT molecular complexity index is 319. The molecule has 1 heterocycles. The summed E-state index contributed by atoms with van der Waals surface area (Å²) in [4.78, 5) is 6.14. The lowest BCUT2D eigenvalue weighted by atomic mass is 9.93. The number of aromatic nitrogens is 1. The van der Waals surface area contributed by atoms with Crippen LogP contribution >= 0.6 is 11.3 Å². The van der Waals surface area contributed by atoms with Crippen LogP contribution in [0.4, 0.5) is 0 Å². The first-order chi connectivity index (χ1) is 6.70. The Hall–Kier alpha value is -0.410. The molecule has 0 bridgehead atoms. The van der Waals surface area contributed by atoms with Crippen molar-refractivity contribution in [1.29, 1.82) is 0 Å². The van der Waals surface area contributed by atoms with Crippen LogP contribution in [0.25, 0.3) is 0 Å². The quantitative estimate of drug-likeness (QED) is 0.815. The molecule has 1 aromatic rings. The molecule has 0 saturated carbocycles. The van der Waals surface area contributed by atoms with Crippen molar-refractivity contribution in [2.75, 3.05) is 0 Å². The van der Waals surface area contributed by atoms with Crippen LogP contribution < -0.4 is 5.73 Å². The summed E-state index contributed by atoms with van der Waals surface area (Å²) >= 11 is 1.84. The molecular weight excluding hydrogens is 192 g/mol. The molecule has 0 aromatic carbocycles. The van der Waals surface area contributed by atoms with E-state index in [1.165, 1.54) is 23.4 Å². The summed E-state index contributed by atoms with van der Waals surface area (Å²) in [7, 11) is 0. The molecule has 1 unspecified atom stereocenters. The van der Waals surface area contributed by atoms with Gasteiger partial charge in [0, 0.05) is 4.88 Å². The fourth-order valence-corrected chi connectivity index (χ4v) is 3.25. The Morgan fingerprint density at radius 1 is 1.64 bits per heavy atom. The topological polar surface area (TPSA) is 38.9 Å². The van der Waals surface area contributed by atoms with Crippen molar-refractivity contribution in [1.82, 2.24) is 4.98 Å². The largest absolute Gasteiger partial charge is 0.322 e. The first kappa shape index (κ1) is 10.1. The van der Waals surface area contributed by atoms with Gasteiger partial charge in [0.2, 0.25) is 0 Å². The van der Waals surface area contributed by atoms with Gasteiger partial charge in [0.05, 0.1) is 11.7 Å². The molecule has 0 saturated heterocycles. The maximum atomic E-state index is 5.99. The summed E-state index contributed by atoms with van der Waals surface area (Å²) in [6.07, 6.45) is 4.65. The average Bonchev–Trinajstić information content (AvgIpc) is 2.59.